The van der Waals surface area contributed by atoms with Crippen LogP contribution in [0.1, 0.15) is 26.2 Å². The first kappa shape index (κ1) is 21.2. The van der Waals surface area contributed by atoms with Gasteiger partial charge in [0.25, 0.3) is 0 Å². The van der Waals surface area contributed by atoms with Crippen LogP contribution >= 0.6 is 11.6 Å². The largest absolute Gasteiger partial charge is 0.394 e. The normalized spacial score (nSPS) is 17.7. The highest BCUT2D eigenvalue weighted by molar-refractivity contribution is 6.32. The van der Waals surface area contributed by atoms with Crippen LogP contribution in [0, 0.1) is 0 Å². The van der Waals surface area contributed by atoms with E-state index in [1.807, 2.05) is 6.92 Å². The lowest BCUT2D eigenvalue weighted by molar-refractivity contribution is 0.132. The predicted octanol–water partition coefficient (Wildman–Crippen LogP) is 0.628. The molecule has 2 fully saturated rings. The van der Waals surface area contributed by atoms with Gasteiger partial charge in [0.05, 0.1) is 18.8 Å². The highest BCUT2D eigenvalue weighted by Crippen LogP contribution is 2.31. The molecule has 2 aliphatic heterocycles. The van der Waals surface area contributed by atoms with E-state index in [2.05, 4.69) is 30.4 Å². The molecule has 0 bridgehead atoms. The monoisotopic (exact) mass is 436 g/mol. The maximum Gasteiger partial charge on any atom is 0.229 e. The molecule has 2 saturated heterocycles. The number of hydrogen-bond acceptors (Lipinski definition) is 10. The number of anilines is 3. The molecule has 2 aromatic rings. The Labute approximate surface area is 180 Å². The standard InChI is InChI=1S/C19H29ClN8O2/c1-2-19(11-29,12-30)26-16-14(20)22-13-15(23-16)24-18(28-9-5-21-6-10-28)25-17(13)27-7-3-4-8-27/h21,29-30H,2-12H2,1H3,(H,23,24,25,26). The minimum Gasteiger partial charge on any atom is -0.394 e. The molecule has 0 atom stereocenters. The molecular weight excluding hydrogens is 408 g/mol. The van der Waals surface area contributed by atoms with Crippen molar-refractivity contribution in [2.45, 2.75) is 31.7 Å². The van der Waals surface area contributed by atoms with Crippen molar-refractivity contribution >= 4 is 40.3 Å². The molecule has 0 radical (unpaired) electrons. The molecule has 4 rings (SSSR count). The lowest BCUT2D eigenvalue weighted by Gasteiger charge is -2.31. The highest BCUT2D eigenvalue weighted by atomic mass is 35.5. The van der Waals surface area contributed by atoms with Crippen molar-refractivity contribution in [1.29, 1.82) is 0 Å². The zero-order chi connectivity index (χ0) is 21.1. The number of aromatic nitrogens is 4. The average molecular weight is 437 g/mol. The van der Waals surface area contributed by atoms with Crippen LogP contribution in [0.15, 0.2) is 0 Å². The Bertz CT molecular complexity index is 874. The smallest absolute Gasteiger partial charge is 0.229 e. The second-order valence-electron chi connectivity index (χ2n) is 7.89. The van der Waals surface area contributed by atoms with Gasteiger partial charge in [-0.2, -0.15) is 9.97 Å². The molecule has 2 aliphatic rings. The molecule has 4 heterocycles. The quantitative estimate of drug-likeness (QED) is 0.491. The molecule has 0 unspecified atom stereocenters. The van der Waals surface area contributed by atoms with Crippen molar-refractivity contribution in [3.8, 4) is 0 Å². The van der Waals surface area contributed by atoms with Crippen LogP contribution < -0.4 is 20.4 Å². The van der Waals surface area contributed by atoms with E-state index in [-0.39, 0.29) is 18.4 Å². The van der Waals surface area contributed by atoms with E-state index in [1.165, 1.54) is 0 Å². The minimum atomic E-state index is -0.932. The molecule has 0 amide bonds. The number of hydrogen-bond donors (Lipinski definition) is 4. The van der Waals surface area contributed by atoms with E-state index in [1.54, 1.807) is 0 Å². The molecule has 11 heteroatoms. The summed E-state index contributed by atoms with van der Waals surface area (Å²) in [4.78, 5) is 23.1. The first-order valence-electron chi connectivity index (χ1n) is 10.5. The predicted molar refractivity (Wildman–Crippen MR) is 117 cm³/mol. The van der Waals surface area contributed by atoms with Crippen LogP contribution in [0.2, 0.25) is 5.15 Å². The second kappa shape index (κ2) is 9.01. The van der Waals surface area contributed by atoms with Gasteiger partial charge in [0.1, 0.15) is 0 Å². The Balaban J connectivity index is 1.80. The molecule has 164 valence electrons. The van der Waals surface area contributed by atoms with Crippen LogP contribution in [0.5, 0.6) is 0 Å². The third-order valence-electron chi connectivity index (χ3n) is 5.93. The fraction of sp³-hybridized carbons (Fsp3) is 0.684. The van der Waals surface area contributed by atoms with Crippen molar-refractivity contribution < 1.29 is 10.2 Å². The molecule has 2 aromatic heterocycles. The number of aliphatic hydroxyl groups excluding tert-OH is 2. The van der Waals surface area contributed by atoms with Gasteiger partial charge < -0.3 is 30.6 Å². The van der Waals surface area contributed by atoms with Gasteiger partial charge in [-0.25, -0.2) is 9.97 Å². The maximum absolute atomic E-state index is 9.79. The third kappa shape index (κ3) is 4.09. The summed E-state index contributed by atoms with van der Waals surface area (Å²) in [7, 11) is 0. The molecule has 0 saturated carbocycles. The number of halogens is 1. The lowest BCUT2D eigenvalue weighted by Crippen LogP contribution is -2.45. The number of piperazine rings is 1. The zero-order valence-electron chi connectivity index (χ0n) is 17.2. The van der Waals surface area contributed by atoms with Gasteiger partial charge in [0, 0.05) is 39.3 Å². The van der Waals surface area contributed by atoms with Crippen LogP contribution in [-0.4, -0.2) is 88.2 Å². The van der Waals surface area contributed by atoms with E-state index >= 15 is 0 Å². The van der Waals surface area contributed by atoms with Gasteiger partial charge in [-0.05, 0) is 19.3 Å². The summed E-state index contributed by atoms with van der Waals surface area (Å²) in [6, 6.07) is 0. The summed E-state index contributed by atoms with van der Waals surface area (Å²) in [6.07, 6.45) is 2.72. The van der Waals surface area contributed by atoms with Crippen LogP contribution in [0.3, 0.4) is 0 Å². The Hall–Kier alpha value is -2.01. The fourth-order valence-corrected chi connectivity index (χ4v) is 4.00. The van der Waals surface area contributed by atoms with Crippen LogP contribution in [0.25, 0.3) is 11.2 Å². The highest BCUT2D eigenvalue weighted by Gasteiger charge is 2.29. The lowest BCUT2D eigenvalue weighted by atomic mass is 9.99. The summed E-state index contributed by atoms with van der Waals surface area (Å²) in [5.41, 5.74) is 0.0905. The number of aliphatic hydroxyl groups is 2. The Kier molecular flexibility index (Phi) is 6.37. The van der Waals surface area contributed by atoms with Gasteiger partial charge in [0.2, 0.25) is 5.95 Å². The Morgan fingerprint density at radius 2 is 1.70 bits per heavy atom. The molecule has 0 aromatic carbocycles. The van der Waals surface area contributed by atoms with Crippen molar-refractivity contribution in [3.05, 3.63) is 5.15 Å². The summed E-state index contributed by atoms with van der Waals surface area (Å²) < 4.78 is 0. The van der Waals surface area contributed by atoms with E-state index in [4.69, 9.17) is 21.6 Å². The molecule has 0 spiro atoms. The van der Waals surface area contributed by atoms with Crippen LogP contribution in [0.4, 0.5) is 17.6 Å². The Morgan fingerprint density at radius 1 is 1.00 bits per heavy atom. The van der Waals surface area contributed by atoms with Gasteiger partial charge in [0.15, 0.2) is 28.0 Å². The SMILES string of the molecule is CCC(CO)(CO)Nc1nc2nc(N3CCNCC3)nc(N3CCCC3)c2nc1Cl. The summed E-state index contributed by atoms with van der Waals surface area (Å²) in [5, 5.41) is 26.2. The first-order valence-corrected chi connectivity index (χ1v) is 10.9. The minimum absolute atomic E-state index is 0.168. The second-order valence-corrected chi connectivity index (χ2v) is 8.25. The van der Waals surface area contributed by atoms with E-state index < -0.39 is 5.54 Å². The number of rotatable bonds is 7. The molecule has 0 aliphatic carbocycles. The molecule has 4 N–H and O–H groups in total. The van der Waals surface area contributed by atoms with Crippen molar-refractivity contribution in [2.75, 3.05) is 67.6 Å². The molecular formula is C19H29ClN8O2. The fourth-order valence-electron chi connectivity index (χ4n) is 3.83. The van der Waals surface area contributed by atoms with Crippen molar-refractivity contribution in [2.24, 2.45) is 0 Å². The van der Waals surface area contributed by atoms with Crippen LogP contribution in [-0.2, 0) is 0 Å². The van der Waals surface area contributed by atoms with Crippen molar-refractivity contribution in [3.63, 3.8) is 0 Å². The van der Waals surface area contributed by atoms with Crippen molar-refractivity contribution in [1.82, 2.24) is 25.3 Å². The first-order chi connectivity index (χ1) is 14.6. The number of nitrogens with one attached hydrogen (secondary N) is 2. The summed E-state index contributed by atoms with van der Waals surface area (Å²) in [6.45, 7) is 6.60. The van der Waals surface area contributed by atoms with E-state index in [0.29, 0.717) is 29.4 Å². The van der Waals surface area contributed by atoms with Gasteiger partial charge >= 0.3 is 0 Å². The average Bonchev–Trinajstić information content (AvgIpc) is 3.33. The summed E-state index contributed by atoms with van der Waals surface area (Å²) in [5.74, 6) is 1.70. The molecule has 30 heavy (non-hydrogen) atoms. The van der Waals surface area contributed by atoms with E-state index in [9.17, 15) is 10.2 Å². The number of nitrogens with zero attached hydrogens (tertiary/aromatic N) is 6. The maximum atomic E-state index is 9.79. The van der Waals surface area contributed by atoms with Gasteiger partial charge in [-0.1, -0.05) is 18.5 Å². The molecule has 10 nitrogen and oxygen atoms in total. The van der Waals surface area contributed by atoms with Gasteiger partial charge in [-0.15, -0.1) is 0 Å². The number of fused-ring (bicyclic) bond motifs is 1. The summed E-state index contributed by atoms with van der Waals surface area (Å²) >= 11 is 6.46. The topological polar surface area (TPSA) is 123 Å². The third-order valence-corrected chi connectivity index (χ3v) is 6.19. The Morgan fingerprint density at radius 3 is 2.33 bits per heavy atom. The van der Waals surface area contributed by atoms with E-state index in [0.717, 1.165) is 57.9 Å². The zero-order valence-corrected chi connectivity index (χ0v) is 18.0. The van der Waals surface area contributed by atoms with Gasteiger partial charge in [-0.3, -0.25) is 0 Å².